The molecule has 5 rings (SSSR count). The zero-order valence-electron chi connectivity index (χ0n) is 18.2. The molecule has 170 valence electrons. The zero-order chi connectivity index (χ0) is 22.2. The number of aliphatic hydroxyl groups excluding tert-OH is 1. The average molecular weight is 457 g/mol. The number of piperazine rings is 1. The van der Waals surface area contributed by atoms with Crippen LogP contribution in [-0.4, -0.2) is 59.0 Å². The van der Waals surface area contributed by atoms with E-state index in [0.717, 1.165) is 48.9 Å². The monoisotopic (exact) mass is 456 g/mol. The van der Waals surface area contributed by atoms with Crippen LogP contribution in [0.5, 0.6) is 5.75 Å². The molecule has 2 aromatic heterocycles. The van der Waals surface area contributed by atoms with Gasteiger partial charge >= 0.3 is 5.69 Å². The number of aryl methyl sites for hydroxylation is 1. The average Bonchev–Trinajstić information content (AvgIpc) is 3.19. The number of benzene rings is 1. The number of aliphatic hydroxyl groups is 1. The number of hydrogen-bond donors (Lipinski definition) is 1. The van der Waals surface area contributed by atoms with E-state index in [0.29, 0.717) is 37.0 Å². The zero-order valence-corrected chi connectivity index (χ0v) is 19.0. The number of para-hydroxylation sites is 2. The fourth-order valence-electron chi connectivity index (χ4n) is 4.83. The molecule has 0 saturated carbocycles. The fraction of sp³-hybridized carbons (Fsp3) is 0.478. The molecule has 4 heterocycles. The van der Waals surface area contributed by atoms with E-state index in [1.54, 1.807) is 17.1 Å². The van der Waals surface area contributed by atoms with Crippen molar-refractivity contribution >= 4 is 27.9 Å². The Kier molecular flexibility index (Phi) is 5.79. The van der Waals surface area contributed by atoms with Crippen LogP contribution in [0.1, 0.15) is 23.8 Å². The normalized spacial score (nSPS) is 19.3. The van der Waals surface area contributed by atoms with Crippen LogP contribution in [0.3, 0.4) is 0 Å². The maximum Gasteiger partial charge on any atom is 0.331 e. The summed E-state index contributed by atoms with van der Waals surface area (Å²) in [6, 6.07) is 8.04. The summed E-state index contributed by atoms with van der Waals surface area (Å²) in [4.78, 5) is 31.6. The molecule has 0 radical (unpaired) electrons. The van der Waals surface area contributed by atoms with Crippen LogP contribution in [0.25, 0.3) is 10.9 Å². The van der Waals surface area contributed by atoms with Crippen LogP contribution in [0.4, 0.5) is 5.69 Å². The minimum absolute atomic E-state index is 0.245. The van der Waals surface area contributed by atoms with Gasteiger partial charge < -0.3 is 14.7 Å². The highest BCUT2D eigenvalue weighted by Gasteiger charge is 2.25. The van der Waals surface area contributed by atoms with Crippen molar-refractivity contribution in [1.29, 1.82) is 0 Å². The maximum atomic E-state index is 13.2. The summed E-state index contributed by atoms with van der Waals surface area (Å²) in [6.45, 7) is 5.01. The van der Waals surface area contributed by atoms with Crippen molar-refractivity contribution in [3.05, 3.63) is 55.4 Å². The van der Waals surface area contributed by atoms with Gasteiger partial charge in [-0.25, -0.2) is 4.79 Å². The van der Waals surface area contributed by atoms with Gasteiger partial charge in [0.15, 0.2) is 0 Å². The molecule has 3 aromatic rings. The van der Waals surface area contributed by atoms with Gasteiger partial charge in [0, 0.05) is 51.2 Å². The third-order valence-electron chi connectivity index (χ3n) is 6.60. The lowest BCUT2D eigenvalue weighted by Gasteiger charge is -2.36. The first-order valence-electron chi connectivity index (χ1n) is 11.1. The molecule has 2 aliphatic rings. The first-order chi connectivity index (χ1) is 15.6. The van der Waals surface area contributed by atoms with Crippen molar-refractivity contribution < 1.29 is 9.84 Å². The van der Waals surface area contributed by atoms with Crippen LogP contribution in [0.15, 0.2) is 39.2 Å². The minimum atomic E-state index is -0.597. The first kappa shape index (κ1) is 21.2. The molecular weight excluding hydrogens is 428 g/mol. The second kappa shape index (κ2) is 8.73. The topological polar surface area (TPSA) is 79.9 Å². The van der Waals surface area contributed by atoms with Gasteiger partial charge in [0.05, 0.1) is 34.7 Å². The van der Waals surface area contributed by atoms with Gasteiger partial charge in [-0.05, 0) is 25.0 Å². The quantitative estimate of drug-likeness (QED) is 0.632. The van der Waals surface area contributed by atoms with Crippen molar-refractivity contribution in [2.24, 2.45) is 0 Å². The number of hydrogen-bond acceptors (Lipinski definition) is 7. The standard InChI is InChI=1S/C23H28N4O4S/c1-31-19-7-3-2-5-17(19)25-12-9-24(10-13-25)11-14-27-22(29)16-15-32-21-18(28)6-4-8-26(20(16)21)23(27)30/h2-3,5,7,15,18,28H,4,6,8-14H2,1H3. The lowest BCUT2D eigenvalue weighted by molar-refractivity contribution is 0.170. The van der Waals surface area contributed by atoms with E-state index in [1.807, 2.05) is 18.2 Å². The molecule has 1 atom stereocenters. The largest absolute Gasteiger partial charge is 0.495 e. The molecule has 0 amide bonds. The Bertz CT molecular complexity index is 1240. The van der Waals surface area contributed by atoms with E-state index in [2.05, 4.69) is 15.9 Å². The Balaban J connectivity index is 1.32. The predicted octanol–water partition coefficient (Wildman–Crippen LogP) is 1.88. The maximum absolute atomic E-state index is 13.2. The van der Waals surface area contributed by atoms with Crippen molar-refractivity contribution in [1.82, 2.24) is 14.0 Å². The van der Waals surface area contributed by atoms with Crippen molar-refractivity contribution in [2.75, 3.05) is 44.7 Å². The molecule has 1 saturated heterocycles. The van der Waals surface area contributed by atoms with Gasteiger partial charge in [-0.1, -0.05) is 12.1 Å². The highest BCUT2D eigenvalue weighted by atomic mass is 32.1. The van der Waals surface area contributed by atoms with Crippen molar-refractivity contribution in [2.45, 2.75) is 32.0 Å². The molecule has 8 nitrogen and oxygen atoms in total. The minimum Gasteiger partial charge on any atom is -0.495 e. The van der Waals surface area contributed by atoms with Gasteiger partial charge in [-0.3, -0.25) is 18.8 Å². The van der Waals surface area contributed by atoms with Crippen LogP contribution in [-0.2, 0) is 13.1 Å². The molecule has 9 heteroatoms. The highest BCUT2D eigenvalue weighted by molar-refractivity contribution is 7.11. The number of rotatable bonds is 5. The van der Waals surface area contributed by atoms with Gasteiger partial charge in [0.25, 0.3) is 5.56 Å². The molecular formula is C23H28N4O4S. The lowest BCUT2D eigenvalue weighted by Crippen LogP contribution is -2.49. The Morgan fingerprint density at radius 2 is 1.88 bits per heavy atom. The first-order valence-corrected chi connectivity index (χ1v) is 12.0. The third-order valence-corrected chi connectivity index (χ3v) is 7.67. The van der Waals surface area contributed by atoms with Gasteiger partial charge in [0.2, 0.25) is 0 Å². The predicted molar refractivity (Wildman–Crippen MR) is 126 cm³/mol. The van der Waals surface area contributed by atoms with Gasteiger partial charge in [-0.2, -0.15) is 0 Å². The highest BCUT2D eigenvalue weighted by Crippen LogP contribution is 2.33. The Morgan fingerprint density at radius 3 is 2.66 bits per heavy atom. The van der Waals surface area contributed by atoms with E-state index < -0.39 is 6.10 Å². The molecule has 1 N–H and O–H groups in total. The number of nitrogens with zero attached hydrogens (tertiary/aromatic N) is 4. The molecule has 1 unspecified atom stereocenters. The second-order valence-corrected chi connectivity index (χ2v) is 9.32. The molecule has 0 spiro atoms. The van der Waals surface area contributed by atoms with Crippen LogP contribution in [0.2, 0.25) is 0 Å². The molecule has 1 fully saturated rings. The Hall–Kier alpha value is -2.62. The fourth-order valence-corrected chi connectivity index (χ4v) is 5.89. The SMILES string of the molecule is COc1ccccc1N1CCN(CCn2c(=O)c3csc4c3n(c2=O)CCCC4O)CC1. The Morgan fingerprint density at radius 1 is 1.09 bits per heavy atom. The van der Waals surface area contributed by atoms with Crippen LogP contribution in [0, 0.1) is 0 Å². The number of anilines is 1. The molecule has 0 bridgehead atoms. The molecule has 2 aliphatic heterocycles. The Labute approximate surface area is 189 Å². The summed E-state index contributed by atoms with van der Waals surface area (Å²) >= 11 is 1.38. The van der Waals surface area contributed by atoms with Crippen molar-refractivity contribution in [3.63, 3.8) is 0 Å². The number of ether oxygens (including phenoxy) is 1. The second-order valence-electron chi connectivity index (χ2n) is 8.41. The summed E-state index contributed by atoms with van der Waals surface area (Å²) < 4.78 is 8.56. The molecule has 1 aromatic carbocycles. The number of methoxy groups -OCH3 is 1. The summed E-state index contributed by atoms with van der Waals surface area (Å²) in [6.07, 6.45) is 0.739. The summed E-state index contributed by atoms with van der Waals surface area (Å²) in [7, 11) is 1.69. The lowest BCUT2D eigenvalue weighted by atomic mass is 10.2. The smallest absolute Gasteiger partial charge is 0.331 e. The molecule has 0 aliphatic carbocycles. The van der Waals surface area contributed by atoms with E-state index in [4.69, 9.17) is 4.74 Å². The third kappa shape index (κ3) is 3.64. The number of aromatic nitrogens is 2. The van der Waals surface area contributed by atoms with Crippen LogP contribution < -0.4 is 20.9 Å². The van der Waals surface area contributed by atoms with Gasteiger partial charge in [0.1, 0.15) is 5.75 Å². The summed E-state index contributed by atoms with van der Waals surface area (Å²) in [5, 5.41) is 12.7. The molecule has 32 heavy (non-hydrogen) atoms. The summed E-state index contributed by atoms with van der Waals surface area (Å²) in [5.41, 5.74) is 1.23. The van der Waals surface area contributed by atoms with E-state index in [-0.39, 0.29) is 11.2 Å². The van der Waals surface area contributed by atoms with E-state index in [9.17, 15) is 14.7 Å². The summed E-state index contributed by atoms with van der Waals surface area (Å²) in [5.74, 6) is 0.874. The van der Waals surface area contributed by atoms with E-state index in [1.165, 1.54) is 15.9 Å². The number of thiophene rings is 1. The van der Waals surface area contributed by atoms with Crippen LogP contribution >= 0.6 is 11.3 Å². The van der Waals surface area contributed by atoms with E-state index >= 15 is 0 Å². The van der Waals surface area contributed by atoms with Crippen molar-refractivity contribution in [3.8, 4) is 5.75 Å². The van der Waals surface area contributed by atoms with Gasteiger partial charge in [-0.15, -0.1) is 11.3 Å².